The number of anilines is 1. The van der Waals surface area contributed by atoms with Gasteiger partial charge in [0.2, 0.25) is 0 Å². The van der Waals surface area contributed by atoms with Crippen molar-refractivity contribution in [1.82, 2.24) is 9.78 Å². The minimum absolute atomic E-state index is 0.0204. The molecule has 0 fully saturated rings. The Kier molecular flexibility index (Phi) is 5.91. The molecule has 5 nitrogen and oxygen atoms in total. The van der Waals surface area contributed by atoms with Crippen molar-refractivity contribution in [2.24, 2.45) is 0 Å². The van der Waals surface area contributed by atoms with E-state index in [-0.39, 0.29) is 17.1 Å². The van der Waals surface area contributed by atoms with Crippen molar-refractivity contribution in [3.05, 3.63) is 71.8 Å². The Morgan fingerprint density at radius 2 is 1.58 bits per heavy atom. The summed E-state index contributed by atoms with van der Waals surface area (Å²) in [5.74, 6) is -1.95. The number of rotatable bonds is 5. The lowest BCUT2D eigenvalue weighted by Gasteiger charge is -2.13. The van der Waals surface area contributed by atoms with Crippen molar-refractivity contribution in [2.75, 3.05) is 11.9 Å². The predicted octanol–water partition coefficient (Wildman–Crippen LogP) is 5.22. The number of carbonyl (C=O) groups is 1. The van der Waals surface area contributed by atoms with E-state index in [9.17, 15) is 35.5 Å². The van der Waals surface area contributed by atoms with Crippen LogP contribution in [-0.2, 0) is 6.18 Å². The van der Waals surface area contributed by atoms with Crippen molar-refractivity contribution < 1.29 is 40.3 Å². The van der Waals surface area contributed by atoms with Crippen LogP contribution in [0.3, 0.4) is 0 Å². The smallest absolute Gasteiger partial charge is 0.434 e. The quantitative estimate of drug-likeness (QED) is 0.546. The van der Waals surface area contributed by atoms with Crippen LogP contribution in [0.5, 0.6) is 5.75 Å². The molecule has 1 aromatic heterocycles. The number of amides is 1. The van der Waals surface area contributed by atoms with Crippen LogP contribution in [0, 0.1) is 5.82 Å². The maximum atomic E-state index is 13.6. The second-order valence-corrected chi connectivity index (χ2v) is 6.18. The second kappa shape index (κ2) is 8.28. The topological polar surface area (TPSA) is 56.1 Å². The van der Waals surface area contributed by atoms with E-state index < -0.39 is 41.9 Å². The molecule has 0 radical (unpaired) electrons. The highest BCUT2D eigenvalue weighted by molar-refractivity contribution is 6.05. The Morgan fingerprint density at radius 3 is 2.13 bits per heavy atom. The third-order valence-corrected chi connectivity index (χ3v) is 3.87. The Bertz CT molecular complexity index is 1060. The van der Waals surface area contributed by atoms with Gasteiger partial charge in [-0.15, -0.1) is 0 Å². The molecule has 12 heteroatoms. The summed E-state index contributed by atoms with van der Waals surface area (Å²) in [7, 11) is 0. The number of ether oxygens (including phenoxy) is 1. The lowest BCUT2D eigenvalue weighted by atomic mass is 10.2. The van der Waals surface area contributed by atoms with Crippen LogP contribution in [0.4, 0.5) is 36.4 Å². The van der Waals surface area contributed by atoms with E-state index >= 15 is 0 Å². The minimum atomic E-state index is -4.97. The van der Waals surface area contributed by atoms with Gasteiger partial charge in [-0.05, 0) is 48.5 Å². The van der Waals surface area contributed by atoms with E-state index in [0.717, 1.165) is 36.4 Å². The van der Waals surface area contributed by atoms with Crippen LogP contribution < -0.4 is 10.1 Å². The average Bonchev–Trinajstić information content (AvgIpc) is 3.13. The molecule has 0 saturated carbocycles. The van der Waals surface area contributed by atoms with E-state index in [4.69, 9.17) is 0 Å². The van der Waals surface area contributed by atoms with E-state index in [1.807, 2.05) is 0 Å². The molecule has 0 aliphatic rings. The fourth-order valence-corrected chi connectivity index (χ4v) is 2.56. The van der Waals surface area contributed by atoms with Gasteiger partial charge in [-0.3, -0.25) is 4.79 Å². The van der Waals surface area contributed by atoms with Crippen LogP contribution in [0.1, 0.15) is 16.1 Å². The zero-order valence-electron chi connectivity index (χ0n) is 15.3. The van der Waals surface area contributed by atoms with Crippen molar-refractivity contribution in [3.8, 4) is 11.4 Å². The summed E-state index contributed by atoms with van der Waals surface area (Å²) in [4.78, 5) is 12.4. The molecule has 2 aromatic carbocycles. The Balaban J connectivity index is 1.82. The molecule has 0 atom stereocenters. The molecule has 0 aliphatic heterocycles. The molecule has 0 saturated heterocycles. The third-order valence-electron chi connectivity index (χ3n) is 3.87. The number of carbonyl (C=O) groups excluding carboxylic acids is 1. The van der Waals surface area contributed by atoms with E-state index in [2.05, 4.69) is 15.2 Å². The maximum absolute atomic E-state index is 13.6. The van der Waals surface area contributed by atoms with Crippen molar-refractivity contribution >= 4 is 11.6 Å². The first-order valence-corrected chi connectivity index (χ1v) is 8.46. The number of nitrogens with zero attached hydrogens (tertiary/aromatic N) is 2. The van der Waals surface area contributed by atoms with Gasteiger partial charge >= 0.3 is 12.4 Å². The number of hydrogen-bond donors (Lipinski definition) is 1. The first kappa shape index (κ1) is 22.1. The number of alkyl halides is 6. The van der Waals surface area contributed by atoms with Gasteiger partial charge in [-0.2, -0.15) is 31.4 Å². The lowest BCUT2D eigenvalue weighted by molar-refractivity contribution is -0.153. The fraction of sp³-hybridized carbons (Fsp3) is 0.158. The molecule has 31 heavy (non-hydrogen) atoms. The molecule has 1 heterocycles. The zero-order valence-corrected chi connectivity index (χ0v) is 15.3. The molecule has 0 unspecified atom stereocenters. The number of nitrogens with one attached hydrogen (secondary N) is 1. The maximum Gasteiger partial charge on any atom is 0.434 e. The van der Waals surface area contributed by atoms with Gasteiger partial charge in [0.15, 0.2) is 12.3 Å². The van der Waals surface area contributed by atoms with Gasteiger partial charge in [0, 0.05) is 5.69 Å². The number of hydrogen-bond acceptors (Lipinski definition) is 3. The van der Waals surface area contributed by atoms with Crippen LogP contribution in [0.2, 0.25) is 0 Å². The standard InChI is InChI=1S/C19H12F7N3O2/c20-11-1-5-13(6-2-11)29-16(19(24,25)26)15(9-27-29)17(30)28-12-3-7-14(8-4-12)31-10-18(21,22)23/h1-9H,10H2,(H,28,30). The zero-order chi connectivity index (χ0) is 22.8. The van der Waals surface area contributed by atoms with Gasteiger partial charge in [0.05, 0.1) is 17.4 Å². The van der Waals surface area contributed by atoms with Gasteiger partial charge in [-0.1, -0.05) is 0 Å². The Labute approximate surface area is 170 Å². The molecule has 3 aromatic rings. The van der Waals surface area contributed by atoms with Crippen molar-refractivity contribution in [3.63, 3.8) is 0 Å². The molecule has 0 spiro atoms. The van der Waals surface area contributed by atoms with Crippen LogP contribution in [-0.4, -0.2) is 28.5 Å². The highest BCUT2D eigenvalue weighted by Crippen LogP contribution is 2.34. The molecule has 0 bridgehead atoms. The summed E-state index contributed by atoms with van der Waals surface area (Å²) >= 11 is 0. The molecule has 3 rings (SSSR count). The van der Waals surface area contributed by atoms with Gasteiger partial charge in [-0.25, -0.2) is 9.07 Å². The number of benzene rings is 2. The lowest BCUT2D eigenvalue weighted by Crippen LogP contribution is -2.21. The Morgan fingerprint density at radius 1 is 0.968 bits per heavy atom. The van der Waals surface area contributed by atoms with E-state index in [1.165, 1.54) is 12.1 Å². The summed E-state index contributed by atoms with van der Waals surface area (Å²) in [6, 6.07) is 8.60. The molecule has 1 N–H and O–H groups in total. The Hall–Kier alpha value is -3.57. The monoisotopic (exact) mass is 447 g/mol. The number of aromatic nitrogens is 2. The first-order chi connectivity index (χ1) is 14.4. The highest BCUT2D eigenvalue weighted by Gasteiger charge is 2.40. The van der Waals surface area contributed by atoms with Gasteiger partial charge < -0.3 is 10.1 Å². The van der Waals surface area contributed by atoms with E-state index in [1.54, 1.807) is 0 Å². The summed E-state index contributed by atoms with van der Waals surface area (Å²) < 4.78 is 95.4. The average molecular weight is 447 g/mol. The summed E-state index contributed by atoms with van der Waals surface area (Å²) in [6.45, 7) is -1.52. The van der Waals surface area contributed by atoms with Crippen LogP contribution in [0.25, 0.3) is 5.69 Å². The normalized spacial score (nSPS) is 12.0. The third kappa shape index (κ3) is 5.53. The second-order valence-electron chi connectivity index (χ2n) is 6.18. The summed E-state index contributed by atoms with van der Waals surface area (Å²) in [5.41, 5.74) is -2.26. The molecule has 164 valence electrons. The summed E-state index contributed by atoms with van der Waals surface area (Å²) in [5, 5.41) is 5.81. The predicted molar refractivity (Wildman–Crippen MR) is 94.5 cm³/mol. The van der Waals surface area contributed by atoms with Gasteiger partial charge in [0.1, 0.15) is 11.6 Å². The molecule has 1 amide bonds. The molecular weight excluding hydrogens is 435 g/mol. The van der Waals surface area contributed by atoms with Crippen molar-refractivity contribution in [1.29, 1.82) is 0 Å². The highest BCUT2D eigenvalue weighted by atomic mass is 19.4. The fourth-order valence-electron chi connectivity index (χ4n) is 2.56. The number of halogens is 7. The molecular formula is C19H12F7N3O2. The molecule has 0 aliphatic carbocycles. The van der Waals surface area contributed by atoms with Crippen LogP contribution in [0.15, 0.2) is 54.7 Å². The van der Waals surface area contributed by atoms with Crippen molar-refractivity contribution in [2.45, 2.75) is 12.4 Å². The largest absolute Gasteiger partial charge is 0.484 e. The van der Waals surface area contributed by atoms with E-state index in [0.29, 0.717) is 10.9 Å². The van der Waals surface area contributed by atoms with Crippen LogP contribution >= 0.6 is 0 Å². The SMILES string of the molecule is O=C(Nc1ccc(OCC(F)(F)F)cc1)c1cnn(-c2ccc(F)cc2)c1C(F)(F)F. The minimum Gasteiger partial charge on any atom is -0.484 e. The summed E-state index contributed by atoms with van der Waals surface area (Å²) in [6.07, 6.45) is -8.79. The first-order valence-electron chi connectivity index (χ1n) is 8.46. The van der Waals surface area contributed by atoms with Gasteiger partial charge in [0.25, 0.3) is 5.91 Å².